The molecule has 1 saturated carbocycles. The second kappa shape index (κ2) is 7.19. The highest BCUT2D eigenvalue weighted by atomic mass is 16.6. The van der Waals surface area contributed by atoms with Crippen LogP contribution in [0.2, 0.25) is 0 Å². The number of ether oxygens (including phenoxy) is 2. The number of carbonyl (C=O) groups excluding carboxylic acids is 1. The Kier molecular flexibility index (Phi) is 4.76. The first-order valence-corrected chi connectivity index (χ1v) is 8.95. The van der Waals surface area contributed by atoms with E-state index in [9.17, 15) is 15.0 Å². The fourth-order valence-corrected chi connectivity index (χ4v) is 4.08. The van der Waals surface area contributed by atoms with E-state index in [0.29, 0.717) is 18.4 Å². The first-order valence-electron chi connectivity index (χ1n) is 8.95. The first kappa shape index (κ1) is 17.2. The molecule has 0 radical (unpaired) electrons. The van der Waals surface area contributed by atoms with E-state index in [1.807, 2.05) is 54.6 Å². The maximum atomic E-state index is 11.4. The second-order valence-corrected chi connectivity index (χ2v) is 6.99. The molecule has 136 valence electrons. The molecule has 5 nitrogen and oxygen atoms in total. The maximum Gasteiger partial charge on any atom is 0.306 e. The minimum absolute atomic E-state index is 0.0230. The van der Waals surface area contributed by atoms with Crippen LogP contribution in [-0.2, 0) is 14.3 Å². The van der Waals surface area contributed by atoms with Gasteiger partial charge in [0.25, 0.3) is 0 Å². The van der Waals surface area contributed by atoms with Crippen molar-refractivity contribution in [1.29, 1.82) is 0 Å². The smallest absolute Gasteiger partial charge is 0.306 e. The predicted molar refractivity (Wildman–Crippen MR) is 94.9 cm³/mol. The number of aliphatic hydroxyl groups excluding tert-OH is 2. The fraction of sp³-hybridized carbons (Fsp3) is 0.381. The van der Waals surface area contributed by atoms with Gasteiger partial charge in [-0.05, 0) is 11.1 Å². The van der Waals surface area contributed by atoms with Gasteiger partial charge in [-0.15, -0.1) is 0 Å². The van der Waals surface area contributed by atoms with Gasteiger partial charge in [0.1, 0.15) is 6.10 Å². The van der Waals surface area contributed by atoms with Crippen molar-refractivity contribution >= 4 is 5.97 Å². The third-order valence-electron chi connectivity index (χ3n) is 5.47. The van der Waals surface area contributed by atoms with E-state index in [1.54, 1.807) is 0 Å². The van der Waals surface area contributed by atoms with Crippen molar-refractivity contribution in [2.45, 2.75) is 31.3 Å². The van der Waals surface area contributed by atoms with Crippen LogP contribution in [0.3, 0.4) is 0 Å². The number of fused-ring (bicyclic) bond motifs is 1. The van der Waals surface area contributed by atoms with Crippen molar-refractivity contribution < 1.29 is 24.5 Å². The highest BCUT2D eigenvalue weighted by Gasteiger charge is 2.50. The van der Waals surface area contributed by atoms with Gasteiger partial charge in [0, 0.05) is 30.4 Å². The van der Waals surface area contributed by atoms with E-state index in [-0.39, 0.29) is 36.6 Å². The molecule has 1 saturated heterocycles. The molecule has 0 amide bonds. The molecule has 26 heavy (non-hydrogen) atoms. The Morgan fingerprint density at radius 1 is 1.08 bits per heavy atom. The molecule has 2 aromatic rings. The van der Waals surface area contributed by atoms with Gasteiger partial charge in [0.2, 0.25) is 0 Å². The molecule has 0 bridgehead atoms. The molecule has 0 aromatic heterocycles. The molecule has 2 N–H and O–H groups in total. The molecular weight excluding hydrogens is 332 g/mol. The summed E-state index contributed by atoms with van der Waals surface area (Å²) in [5.74, 6) is -0.427. The van der Waals surface area contributed by atoms with Gasteiger partial charge in [-0.1, -0.05) is 54.6 Å². The summed E-state index contributed by atoms with van der Waals surface area (Å²) >= 11 is 0. The number of hydrogen-bond acceptors (Lipinski definition) is 5. The van der Waals surface area contributed by atoms with Gasteiger partial charge in [-0.2, -0.15) is 0 Å². The molecule has 5 atom stereocenters. The van der Waals surface area contributed by atoms with Gasteiger partial charge in [-0.3, -0.25) is 4.79 Å². The average Bonchev–Trinajstić information content (AvgIpc) is 3.17. The van der Waals surface area contributed by atoms with Crippen LogP contribution in [0.5, 0.6) is 0 Å². The zero-order chi connectivity index (χ0) is 18.1. The quantitative estimate of drug-likeness (QED) is 0.638. The highest BCUT2D eigenvalue weighted by molar-refractivity contribution is 5.72. The molecule has 2 aromatic carbocycles. The average molecular weight is 354 g/mol. The zero-order valence-electron chi connectivity index (χ0n) is 14.3. The van der Waals surface area contributed by atoms with E-state index in [2.05, 4.69) is 0 Å². The van der Waals surface area contributed by atoms with Crippen molar-refractivity contribution in [1.82, 2.24) is 0 Å². The summed E-state index contributed by atoms with van der Waals surface area (Å²) < 4.78 is 11.1. The molecule has 1 aliphatic carbocycles. The van der Waals surface area contributed by atoms with E-state index < -0.39 is 6.29 Å². The summed E-state index contributed by atoms with van der Waals surface area (Å²) in [7, 11) is 0. The lowest BCUT2D eigenvalue weighted by atomic mass is 9.93. The summed E-state index contributed by atoms with van der Waals surface area (Å²) in [6, 6.07) is 17.6. The predicted octanol–water partition coefficient (Wildman–Crippen LogP) is 2.67. The Labute approximate surface area is 152 Å². The normalized spacial score (nSPS) is 28.6. The third-order valence-corrected chi connectivity index (χ3v) is 5.47. The van der Waals surface area contributed by atoms with Crippen LogP contribution in [0, 0.1) is 11.8 Å². The van der Waals surface area contributed by atoms with Gasteiger partial charge >= 0.3 is 5.97 Å². The standard InChI is InChI=1S/C21H22O5/c22-12-17-16-10-20(23)25-18(16)11-19(17)26-21(24)15-8-6-14(7-9-15)13-4-2-1-3-5-13/h1-9,16-19,21-22,24H,10-12H2/t16-,17-,18+,19?,21?/m1/s1. The number of benzene rings is 2. The molecule has 0 spiro atoms. The number of esters is 1. The first-order chi connectivity index (χ1) is 12.7. The van der Waals surface area contributed by atoms with Crippen LogP contribution >= 0.6 is 0 Å². The molecule has 1 heterocycles. The SMILES string of the molecule is O=C1C[C@H]2[C@H](CC(OC(O)c3ccc(-c4ccccc4)cc3)[C@@H]2CO)O1. The Hall–Kier alpha value is -2.21. The van der Waals surface area contributed by atoms with Gasteiger partial charge in [0.15, 0.2) is 6.29 Å². The largest absolute Gasteiger partial charge is 0.462 e. The summed E-state index contributed by atoms with van der Waals surface area (Å²) in [5.41, 5.74) is 2.84. The number of hydrogen-bond donors (Lipinski definition) is 2. The Morgan fingerprint density at radius 3 is 2.46 bits per heavy atom. The van der Waals surface area contributed by atoms with Crippen LogP contribution in [0.4, 0.5) is 0 Å². The minimum Gasteiger partial charge on any atom is -0.462 e. The van der Waals surface area contributed by atoms with Crippen LogP contribution in [0.1, 0.15) is 24.7 Å². The summed E-state index contributed by atoms with van der Waals surface area (Å²) in [5, 5.41) is 20.1. The van der Waals surface area contributed by atoms with Gasteiger partial charge in [0.05, 0.1) is 12.5 Å². The van der Waals surface area contributed by atoms with E-state index >= 15 is 0 Å². The second-order valence-electron chi connectivity index (χ2n) is 6.99. The summed E-state index contributed by atoms with van der Waals surface area (Å²) in [6.45, 7) is -0.0812. The number of rotatable bonds is 5. The molecule has 4 rings (SSSR count). The molecular formula is C21H22O5. The van der Waals surface area contributed by atoms with Crippen molar-refractivity contribution in [2.75, 3.05) is 6.61 Å². The van der Waals surface area contributed by atoms with Gasteiger partial charge in [-0.25, -0.2) is 0 Å². The van der Waals surface area contributed by atoms with E-state index in [1.165, 1.54) is 0 Å². The molecule has 2 unspecified atom stereocenters. The Balaban J connectivity index is 1.43. The molecule has 2 aliphatic rings. The zero-order valence-corrected chi connectivity index (χ0v) is 14.3. The van der Waals surface area contributed by atoms with Crippen LogP contribution in [-0.4, -0.2) is 35.0 Å². The topological polar surface area (TPSA) is 76.0 Å². The van der Waals surface area contributed by atoms with Gasteiger partial charge < -0.3 is 19.7 Å². The van der Waals surface area contributed by atoms with E-state index in [0.717, 1.165) is 11.1 Å². The lowest BCUT2D eigenvalue weighted by molar-refractivity contribution is -0.159. The van der Waals surface area contributed by atoms with Crippen molar-refractivity contribution in [3.63, 3.8) is 0 Å². The maximum absolute atomic E-state index is 11.4. The minimum atomic E-state index is -1.08. The van der Waals surface area contributed by atoms with Crippen LogP contribution < -0.4 is 0 Å². The highest BCUT2D eigenvalue weighted by Crippen LogP contribution is 2.43. The Bertz CT molecular complexity index is 758. The summed E-state index contributed by atoms with van der Waals surface area (Å²) in [6.07, 6.45) is -0.782. The lowest BCUT2D eigenvalue weighted by Crippen LogP contribution is -2.27. The molecule has 5 heteroatoms. The van der Waals surface area contributed by atoms with E-state index in [4.69, 9.17) is 9.47 Å². The van der Waals surface area contributed by atoms with Crippen LogP contribution in [0.15, 0.2) is 54.6 Å². The summed E-state index contributed by atoms with van der Waals surface area (Å²) in [4.78, 5) is 11.4. The monoisotopic (exact) mass is 354 g/mol. The van der Waals surface area contributed by atoms with Crippen molar-refractivity contribution in [3.05, 3.63) is 60.2 Å². The molecule has 2 fully saturated rings. The number of carbonyl (C=O) groups is 1. The fourth-order valence-electron chi connectivity index (χ4n) is 4.08. The number of aliphatic hydroxyl groups is 2. The molecule has 1 aliphatic heterocycles. The lowest BCUT2D eigenvalue weighted by Gasteiger charge is -2.24. The van der Waals surface area contributed by atoms with Crippen molar-refractivity contribution in [3.8, 4) is 11.1 Å². The third kappa shape index (κ3) is 3.26. The van der Waals surface area contributed by atoms with Crippen molar-refractivity contribution in [2.24, 2.45) is 11.8 Å². The Morgan fingerprint density at radius 2 is 1.77 bits per heavy atom. The van der Waals surface area contributed by atoms with Crippen LogP contribution in [0.25, 0.3) is 11.1 Å².